The SMILES string of the molecule is CC(C)c1nn(-c2nc3ccccc3s2)c(-c2ccc(F)cc2)c1CC[C@H]1C[C@H](O)CC(=O)O1. The molecule has 1 fully saturated rings. The van der Waals surface area contributed by atoms with Crippen molar-refractivity contribution in [1.29, 1.82) is 0 Å². The fourth-order valence-electron chi connectivity index (χ4n) is 4.51. The minimum atomic E-state index is -0.669. The van der Waals surface area contributed by atoms with E-state index in [1.165, 1.54) is 12.1 Å². The van der Waals surface area contributed by atoms with Crippen LogP contribution in [0.2, 0.25) is 0 Å². The second-order valence-corrected chi connectivity index (χ2v) is 10.0. The maximum atomic E-state index is 13.8. The van der Waals surface area contributed by atoms with Crippen molar-refractivity contribution >= 4 is 27.5 Å². The Kier molecular flexibility index (Phi) is 6.18. The first-order chi connectivity index (χ1) is 16.4. The Hall–Kier alpha value is -3.10. The average molecular weight is 480 g/mol. The van der Waals surface area contributed by atoms with Crippen molar-refractivity contribution in [3.05, 3.63) is 65.6 Å². The van der Waals surface area contributed by atoms with Gasteiger partial charge in [0.05, 0.1) is 34.1 Å². The number of aliphatic hydroxyl groups is 1. The summed E-state index contributed by atoms with van der Waals surface area (Å²) in [7, 11) is 0. The molecule has 176 valence electrons. The van der Waals surface area contributed by atoms with Crippen molar-refractivity contribution in [1.82, 2.24) is 14.8 Å². The molecule has 1 aliphatic heterocycles. The maximum absolute atomic E-state index is 13.8. The van der Waals surface area contributed by atoms with E-state index in [-0.39, 0.29) is 30.2 Å². The lowest BCUT2D eigenvalue weighted by atomic mass is 9.93. The largest absolute Gasteiger partial charge is 0.462 e. The summed E-state index contributed by atoms with van der Waals surface area (Å²) in [5, 5.41) is 15.7. The Balaban J connectivity index is 1.61. The third-order valence-corrected chi connectivity index (χ3v) is 7.11. The molecule has 2 aromatic heterocycles. The molecule has 5 rings (SSSR count). The van der Waals surface area contributed by atoms with E-state index in [0.717, 1.165) is 37.9 Å². The number of halogens is 1. The number of carbonyl (C=O) groups excluding carboxylic acids is 1. The molecule has 1 aliphatic rings. The minimum absolute atomic E-state index is 0.0457. The number of benzene rings is 2. The lowest BCUT2D eigenvalue weighted by Crippen LogP contribution is -2.32. The van der Waals surface area contributed by atoms with E-state index in [9.17, 15) is 14.3 Å². The van der Waals surface area contributed by atoms with Crippen LogP contribution in [0.4, 0.5) is 4.39 Å². The first-order valence-electron chi connectivity index (χ1n) is 11.5. The van der Waals surface area contributed by atoms with Crippen LogP contribution in [-0.4, -0.2) is 38.0 Å². The third kappa shape index (κ3) is 4.48. The lowest BCUT2D eigenvalue weighted by Gasteiger charge is -2.26. The maximum Gasteiger partial charge on any atom is 0.308 e. The molecule has 3 heterocycles. The molecule has 4 aromatic rings. The number of aliphatic hydroxyl groups excluding tert-OH is 1. The molecule has 1 N–H and O–H groups in total. The Morgan fingerprint density at radius 2 is 1.97 bits per heavy atom. The number of carbonyl (C=O) groups is 1. The van der Waals surface area contributed by atoms with Gasteiger partial charge >= 0.3 is 5.97 Å². The molecule has 0 amide bonds. The molecule has 34 heavy (non-hydrogen) atoms. The molecule has 6 nitrogen and oxygen atoms in total. The first-order valence-corrected chi connectivity index (χ1v) is 12.3. The Labute approximate surface area is 201 Å². The van der Waals surface area contributed by atoms with E-state index in [2.05, 4.69) is 13.8 Å². The zero-order chi connectivity index (χ0) is 23.8. The van der Waals surface area contributed by atoms with E-state index in [4.69, 9.17) is 14.8 Å². The lowest BCUT2D eigenvalue weighted by molar-refractivity contribution is -0.160. The van der Waals surface area contributed by atoms with Gasteiger partial charge in [0, 0.05) is 17.5 Å². The summed E-state index contributed by atoms with van der Waals surface area (Å²) in [4.78, 5) is 16.6. The predicted octanol–water partition coefficient (Wildman–Crippen LogP) is 5.41. The highest BCUT2D eigenvalue weighted by atomic mass is 32.1. The van der Waals surface area contributed by atoms with Crippen LogP contribution in [-0.2, 0) is 16.0 Å². The highest BCUT2D eigenvalue weighted by Crippen LogP contribution is 2.36. The second kappa shape index (κ2) is 9.27. The zero-order valence-corrected chi connectivity index (χ0v) is 19.9. The molecule has 8 heteroatoms. The summed E-state index contributed by atoms with van der Waals surface area (Å²) in [6.07, 6.45) is 0.643. The molecule has 2 aromatic carbocycles. The standard InChI is InChI=1S/C26H26FN3O3S/c1-15(2)24-20(12-11-19-13-18(31)14-23(32)33-19)25(16-7-9-17(27)10-8-16)30(29-24)26-28-21-5-3-4-6-22(21)34-26/h3-10,15,18-19,31H,11-14H2,1-2H3/t18-,19-/m0/s1. The first kappa shape index (κ1) is 22.7. The van der Waals surface area contributed by atoms with E-state index < -0.39 is 6.10 Å². The van der Waals surface area contributed by atoms with E-state index >= 15 is 0 Å². The Morgan fingerprint density at radius 3 is 2.68 bits per heavy atom. The summed E-state index contributed by atoms with van der Waals surface area (Å²) in [5.74, 6) is -0.523. The normalized spacial score (nSPS) is 18.6. The van der Waals surface area contributed by atoms with E-state index in [1.807, 2.05) is 28.9 Å². The van der Waals surface area contributed by atoms with Crippen LogP contribution in [0.15, 0.2) is 48.5 Å². The van der Waals surface area contributed by atoms with Crippen molar-refractivity contribution in [3.8, 4) is 16.4 Å². The summed E-state index contributed by atoms with van der Waals surface area (Å²) in [5.41, 5.74) is 4.57. The molecule has 0 unspecified atom stereocenters. The predicted molar refractivity (Wildman–Crippen MR) is 130 cm³/mol. The Morgan fingerprint density at radius 1 is 1.21 bits per heavy atom. The molecule has 0 spiro atoms. The van der Waals surface area contributed by atoms with E-state index in [1.54, 1.807) is 23.5 Å². The number of rotatable bonds is 6. The summed E-state index contributed by atoms with van der Waals surface area (Å²) < 4.78 is 22.2. The molecular formula is C26H26FN3O3S. The van der Waals surface area contributed by atoms with Gasteiger partial charge in [-0.05, 0) is 55.2 Å². The van der Waals surface area contributed by atoms with Gasteiger partial charge in [0.1, 0.15) is 11.9 Å². The van der Waals surface area contributed by atoms with Crippen LogP contribution in [0.1, 0.15) is 50.3 Å². The fourth-order valence-corrected chi connectivity index (χ4v) is 5.44. The van der Waals surface area contributed by atoms with Gasteiger partial charge in [-0.2, -0.15) is 5.10 Å². The van der Waals surface area contributed by atoms with Gasteiger partial charge in [0.15, 0.2) is 0 Å². The number of ether oxygens (including phenoxy) is 1. The van der Waals surface area contributed by atoms with Crippen molar-refractivity contribution in [2.45, 2.75) is 57.7 Å². The van der Waals surface area contributed by atoms with Crippen molar-refractivity contribution in [2.75, 3.05) is 0 Å². The van der Waals surface area contributed by atoms with Crippen LogP contribution < -0.4 is 0 Å². The topological polar surface area (TPSA) is 77.2 Å². The van der Waals surface area contributed by atoms with Crippen molar-refractivity contribution < 1.29 is 19.0 Å². The number of esters is 1. The van der Waals surface area contributed by atoms with Gasteiger partial charge in [0.2, 0.25) is 5.13 Å². The summed E-state index contributed by atoms with van der Waals surface area (Å²) >= 11 is 1.56. The Bertz CT molecular complexity index is 1300. The van der Waals surface area contributed by atoms with Gasteiger partial charge in [-0.25, -0.2) is 14.1 Å². The third-order valence-electron chi connectivity index (χ3n) is 6.09. The summed E-state index contributed by atoms with van der Waals surface area (Å²) in [6.45, 7) is 4.18. The number of nitrogens with zero attached hydrogens (tertiary/aromatic N) is 3. The van der Waals surface area contributed by atoms with Gasteiger partial charge in [-0.3, -0.25) is 4.79 Å². The molecule has 0 radical (unpaired) electrons. The quantitative estimate of drug-likeness (QED) is 0.374. The van der Waals surface area contributed by atoms with Gasteiger partial charge in [0.25, 0.3) is 0 Å². The van der Waals surface area contributed by atoms with Crippen LogP contribution in [0.3, 0.4) is 0 Å². The van der Waals surface area contributed by atoms with E-state index in [0.29, 0.717) is 19.3 Å². The second-order valence-electron chi connectivity index (χ2n) is 8.99. The smallest absolute Gasteiger partial charge is 0.308 e. The van der Waals surface area contributed by atoms with Crippen LogP contribution in [0.25, 0.3) is 26.6 Å². The monoisotopic (exact) mass is 479 g/mol. The van der Waals surface area contributed by atoms with Crippen molar-refractivity contribution in [3.63, 3.8) is 0 Å². The number of thiazole rings is 1. The summed E-state index contributed by atoms with van der Waals surface area (Å²) in [6, 6.07) is 14.4. The molecule has 2 atom stereocenters. The van der Waals surface area contributed by atoms with Gasteiger partial charge < -0.3 is 9.84 Å². The molecule has 0 saturated carbocycles. The van der Waals surface area contributed by atoms with Crippen LogP contribution >= 0.6 is 11.3 Å². The number of fused-ring (bicyclic) bond motifs is 1. The number of hydrogen-bond donors (Lipinski definition) is 1. The average Bonchev–Trinajstić information content (AvgIpc) is 3.39. The molecule has 0 bridgehead atoms. The number of cyclic esters (lactones) is 1. The highest BCUT2D eigenvalue weighted by Gasteiger charge is 2.29. The van der Waals surface area contributed by atoms with Gasteiger partial charge in [-0.15, -0.1) is 0 Å². The number of hydrogen-bond acceptors (Lipinski definition) is 6. The van der Waals surface area contributed by atoms with Crippen molar-refractivity contribution in [2.24, 2.45) is 0 Å². The van der Waals surface area contributed by atoms with Crippen LogP contribution in [0, 0.1) is 5.82 Å². The fraction of sp³-hybridized carbons (Fsp3) is 0.346. The molecular weight excluding hydrogens is 453 g/mol. The number of para-hydroxylation sites is 1. The molecule has 0 aliphatic carbocycles. The molecule has 1 saturated heterocycles. The van der Waals surface area contributed by atoms with Gasteiger partial charge in [-0.1, -0.05) is 37.3 Å². The number of aromatic nitrogens is 3. The van der Waals surface area contributed by atoms with Crippen LogP contribution in [0.5, 0.6) is 0 Å². The minimum Gasteiger partial charge on any atom is -0.462 e. The zero-order valence-electron chi connectivity index (χ0n) is 19.1. The highest BCUT2D eigenvalue weighted by molar-refractivity contribution is 7.20.